The highest BCUT2D eigenvalue weighted by atomic mass is 31.2. The molecule has 0 aromatic heterocycles. The number of nitrogens with two attached hydrogens (primary N) is 1. The number of phosphoric ester groups is 1. The minimum Gasteiger partial charge on any atom is -0.462 e. The summed E-state index contributed by atoms with van der Waals surface area (Å²) in [5.41, 5.74) is 5.41. The number of unbranched alkanes of at least 4 members (excludes halogenated alkanes) is 38. The van der Waals surface area contributed by atoms with Gasteiger partial charge in [-0.15, -0.1) is 0 Å². The molecule has 0 rings (SSSR count). The molecule has 0 radical (unpaired) electrons. The molecule has 0 heterocycles. The van der Waals surface area contributed by atoms with E-state index < -0.39 is 26.5 Å². The van der Waals surface area contributed by atoms with Gasteiger partial charge in [0.15, 0.2) is 6.10 Å². The van der Waals surface area contributed by atoms with Crippen molar-refractivity contribution < 1.29 is 37.6 Å². The highest BCUT2D eigenvalue weighted by molar-refractivity contribution is 7.47. The van der Waals surface area contributed by atoms with Crippen molar-refractivity contribution in [3.8, 4) is 0 Å². The lowest BCUT2D eigenvalue weighted by molar-refractivity contribution is -0.161. The number of allylic oxidation sites excluding steroid dienone is 20. The van der Waals surface area contributed by atoms with Crippen molar-refractivity contribution in [2.24, 2.45) is 5.73 Å². The predicted molar refractivity (Wildman–Crippen MR) is 394 cm³/mol. The highest BCUT2D eigenvalue weighted by Gasteiger charge is 2.26. The zero-order valence-corrected chi connectivity index (χ0v) is 59.9. The smallest absolute Gasteiger partial charge is 0.462 e. The second-order valence-electron chi connectivity index (χ2n) is 25.1. The molecule has 0 aliphatic heterocycles. The summed E-state index contributed by atoms with van der Waals surface area (Å²) in [5, 5.41) is 0. The maximum absolute atomic E-state index is 12.8. The Hall–Kier alpha value is -3.59. The Morgan fingerprint density at radius 3 is 0.912 bits per heavy atom. The molecule has 2 atom stereocenters. The molecule has 10 heteroatoms. The SMILES string of the molecule is CC/C=C\C/C=C\C/C=C\C/C=C\C/C=C\C/C=C\C/C=C\C/C=C\C/C=C\CCCCCCCCCCCCCCCC(=O)OC(COC(=O)CCCCCCCCCCCCCCCCCCC/C=C\CCCCCCCCCC)COP(=O)(O)OCCN. The van der Waals surface area contributed by atoms with Crippen molar-refractivity contribution in [2.45, 2.75) is 354 Å². The fraction of sp³-hybridized carbons (Fsp3) is 0.728. The fourth-order valence-electron chi connectivity index (χ4n) is 10.7. The molecule has 91 heavy (non-hydrogen) atoms. The topological polar surface area (TPSA) is 134 Å². The van der Waals surface area contributed by atoms with Crippen molar-refractivity contribution in [3.05, 3.63) is 122 Å². The van der Waals surface area contributed by atoms with Gasteiger partial charge in [-0.1, -0.05) is 347 Å². The van der Waals surface area contributed by atoms with E-state index >= 15 is 0 Å². The lowest BCUT2D eigenvalue weighted by atomic mass is 10.0. The molecule has 0 aliphatic carbocycles. The number of hydrogen-bond donors (Lipinski definition) is 2. The second kappa shape index (κ2) is 75.4. The maximum Gasteiger partial charge on any atom is 0.472 e. The van der Waals surface area contributed by atoms with Gasteiger partial charge in [0.1, 0.15) is 6.61 Å². The zero-order chi connectivity index (χ0) is 65.8. The molecule has 9 nitrogen and oxygen atoms in total. The third-order valence-electron chi connectivity index (χ3n) is 16.3. The summed E-state index contributed by atoms with van der Waals surface area (Å²) in [4.78, 5) is 35.4. The van der Waals surface area contributed by atoms with E-state index in [4.69, 9.17) is 24.3 Å². The molecule has 0 aromatic rings. The van der Waals surface area contributed by atoms with Gasteiger partial charge in [0, 0.05) is 19.4 Å². The van der Waals surface area contributed by atoms with Crippen LogP contribution in [0, 0.1) is 0 Å². The molecule has 524 valence electrons. The predicted octanol–water partition coefficient (Wildman–Crippen LogP) is 25.4. The van der Waals surface area contributed by atoms with Crippen LogP contribution < -0.4 is 5.73 Å². The number of rotatable bonds is 71. The van der Waals surface area contributed by atoms with Crippen LogP contribution in [0.15, 0.2) is 122 Å². The Morgan fingerprint density at radius 2 is 0.604 bits per heavy atom. The van der Waals surface area contributed by atoms with Gasteiger partial charge in [0.2, 0.25) is 0 Å². The normalized spacial score (nSPS) is 13.6. The van der Waals surface area contributed by atoms with Crippen molar-refractivity contribution in [3.63, 3.8) is 0 Å². The standard InChI is InChI=1S/C81H142NO8P/c1-3-5-7-9-11-13-15-17-19-21-23-25-27-29-31-33-34-35-36-37-38-39-40-41-42-43-44-46-48-50-52-54-56-58-60-62-64-66-68-70-72-74-81(84)90-79(78-89-91(85,86)88-76-75-82)77-87-80(83)73-71-69-67-65-63-61-59-57-55-53-51-49-47-45-32-30-28-26-24-22-20-18-16-14-12-10-8-6-4-2/h5,7,11,13,17,19,22-25,29,31,34-35,37-38,40-41,43-44,79H,3-4,6,8-10,12,14-16,18,20-21,26-28,30,32-33,36,39,42,45-78,82H2,1-2H3,(H,85,86)/b7-5-,13-11-,19-17-,24-22-,25-23-,31-29-,35-34-,38-37-,41-40-,44-43-. The van der Waals surface area contributed by atoms with E-state index in [0.717, 1.165) is 96.3 Å². The summed E-state index contributed by atoms with van der Waals surface area (Å²) in [5.74, 6) is -0.819. The summed E-state index contributed by atoms with van der Waals surface area (Å²) in [7, 11) is -4.40. The van der Waals surface area contributed by atoms with Gasteiger partial charge in [-0.2, -0.15) is 0 Å². The van der Waals surface area contributed by atoms with Gasteiger partial charge in [0.05, 0.1) is 13.2 Å². The van der Waals surface area contributed by atoms with Crippen LogP contribution in [0.25, 0.3) is 0 Å². The number of ether oxygens (including phenoxy) is 2. The average molecular weight is 1290 g/mol. The second-order valence-corrected chi connectivity index (χ2v) is 26.6. The Balaban J connectivity index is 3.87. The zero-order valence-electron chi connectivity index (χ0n) is 59.1. The number of hydrogen-bond acceptors (Lipinski definition) is 8. The van der Waals surface area contributed by atoms with Gasteiger partial charge in [0.25, 0.3) is 0 Å². The average Bonchev–Trinajstić information content (AvgIpc) is 3.74. The number of carbonyl (C=O) groups excluding carboxylic acids is 2. The summed E-state index contributed by atoms with van der Waals surface area (Å²) < 4.78 is 33.2. The van der Waals surface area contributed by atoms with Crippen LogP contribution in [-0.2, 0) is 32.7 Å². The Bertz CT molecular complexity index is 1910. The molecular formula is C81H142NO8P. The Kier molecular flexibility index (Phi) is 72.5. The van der Waals surface area contributed by atoms with Crippen LogP contribution in [0.2, 0.25) is 0 Å². The highest BCUT2D eigenvalue weighted by Crippen LogP contribution is 2.43. The summed E-state index contributed by atoms with van der Waals surface area (Å²) in [6.45, 7) is 3.67. The monoisotopic (exact) mass is 1290 g/mol. The summed E-state index contributed by atoms with van der Waals surface area (Å²) in [6, 6.07) is 0. The first-order chi connectivity index (χ1) is 44.8. The molecule has 0 aromatic carbocycles. The van der Waals surface area contributed by atoms with Crippen molar-refractivity contribution in [2.75, 3.05) is 26.4 Å². The van der Waals surface area contributed by atoms with Crippen LogP contribution in [0.5, 0.6) is 0 Å². The molecule has 0 spiro atoms. The van der Waals surface area contributed by atoms with Crippen LogP contribution in [-0.4, -0.2) is 49.3 Å². The van der Waals surface area contributed by atoms with E-state index in [0.29, 0.717) is 6.42 Å². The molecule has 0 bridgehead atoms. The number of carbonyl (C=O) groups is 2. The molecule has 0 amide bonds. The molecular weight excluding hydrogens is 1150 g/mol. The first kappa shape index (κ1) is 87.4. The summed E-state index contributed by atoms with van der Waals surface area (Å²) >= 11 is 0. The van der Waals surface area contributed by atoms with E-state index in [-0.39, 0.29) is 38.6 Å². The number of esters is 2. The van der Waals surface area contributed by atoms with E-state index in [1.807, 2.05) is 0 Å². The Labute approximate surface area is 561 Å². The molecule has 2 unspecified atom stereocenters. The van der Waals surface area contributed by atoms with Gasteiger partial charge in [-0.3, -0.25) is 18.6 Å². The third kappa shape index (κ3) is 75.3. The van der Waals surface area contributed by atoms with E-state index in [9.17, 15) is 19.0 Å². The van der Waals surface area contributed by atoms with E-state index in [2.05, 4.69) is 135 Å². The van der Waals surface area contributed by atoms with Crippen LogP contribution in [0.3, 0.4) is 0 Å². The minimum atomic E-state index is -4.40. The first-order valence-corrected chi connectivity index (χ1v) is 39.5. The minimum absolute atomic E-state index is 0.0506. The maximum atomic E-state index is 12.8. The fourth-order valence-corrected chi connectivity index (χ4v) is 11.5. The molecule has 0 fully saturated rings. The van der Waals surface area contributed by atoms with Gasteiger partial charge in [-0.05, 0) is 109 Å². The first-order valence-electron chi connectivity index (χ1n) is 38.0. The molecule has 3 N–H and O–H groups in total. The van der Waals surface area contributed by atoms with E-state index in [1.54, 1.807) is 0 Å². The van der Waals surface area contributed by atoms with E-state index in [1.165, 1.54) is 218 Å². The lowest BCUT2D eigenvalue weighted by Crippen LogP contribution is -2.29. The van der Waals surface area contributed by atoms with Crippen molar-refractivity contribution >= 4 is 19.8 Å². The third-order valence-corrected chi connectivity index (χ3v) is 17.3. The lowest BCUT2D eigenvalue weighted by Gasteiger charge is -2.19. The van der Waals surface area contributed by atoms with Gasteiger partial charge < -0.3 is 20.1 Å². The molecule has 0 saturated heterocycles. The van der Waals surface area contributed by atoms with Crippen LogP contribution in [0.1, 0.15) is 348 Å². The molecule has 0 saturated carbocycles. The van der Waals surface area contributed by atoms with Crippen molar-refractivity contribution in [1.82, 2.24) is 0 Å². The quantitative estimate of drug-likeness (QED) is 0.0264. The van der Waals surface area contributed by atoms with Crippen molar-refractivity contribution in [1.29, 1.82) is 0 Å². The summed E-state index contributed by atoms with van der Waals surface area (Å²) in [6.07, 6.45) is 106. The van der Waals surface area contributed by atoms with Gasteiger partial charge in [-0.25, -0.2) is 4.57 Å². The van der Waals surface area contributed by atoms with Gasteiger partial charge >= 0.3 is 19.8 Å². The van der Waals surface area contributed by atoms with Crippen LogP contribution >= 0.6 is 7.82 Å². The Morgan fingerprint density at radius 1 is 0.341 bits per heavy atom. The van der Waals surface area contributed by atoms with Crippen LogP contribution in [0.4, 0.5) is 0 Å². The number of phosphoric acid groups is 1. The molecule has 0 aliphatic rings. The largest absolute Gasteiger partial charge is 0.472 e.